The molecule has 1 amide bonds. The maximum absolute atomic E-state index is 12.5. The van der Waals surface area contributed by atoms with Gasteiger partial charge in [0.05, 0.1) is 11.1 Å². The van der Waals surface area contributed by atoms with Crippen molar-refractivity contribution < 1.29 is 4.79 Å². The van der Waals surface area contributed by atoms with Gasteiger partial charge in [-0.15, -0.1) is 32.9 Å². The maximum atomic E-state index is 12.5. The molecule has 136 valence electrons. The lowest BCUT2D eigenvalue weighted by molar-refractivity contribution is 0.103. The molecule has 0 aliphatic carbocycles. The fourth-order valence-electron chi connectivity index (χ4n) is 2.56. The van der Waals surface area contributed by atoms with Crippen LogP contribution in [0.5, 0.6) is 0 Å². The van der Waals surface area contributed by atoms with Gasteiger partial charge in [-0.25, -0.2) is 4.98 Å². The molecule has 0 saturated carbocycles. The van der Waals surface area contributed by atoms with Gasteiger partial charge in [0.25, 0.3) is 5.91 Å². The van der Waals surface area contributed by atoms with Crippen LogP contribution < -0.4 is 5.32 Å². The van der Waals surface area contributed by atoms with E-state index in [-0.39, 0.29) is 11.3 Å². The fourth-order valence-corrected chi connectivity index (χ4v) is 5.03. The van der Waals surface area contributed by atoms with Crippen molar-refractivity contribution >= 4 is 45.0 Å². The number of hydrogen-bond donors (Lipinski definition) is 1. The minimum absolute atomic E-state index is 0.212. The van der Waals surface area contributed by atoms with Crippen molar-refractivity contribution in [2.45, 2.75) is 19.3 Å². The molecule has 3 aromatic heterocycles. The Balaban J connectivity index is 1.50. The number of aromatic nitrogens is 3. The van der Waals surface area contributed by atoms with E-state index in [1.165, 1.54) is 22.7 Å². The average molecular weight is 413 g/mol. The van der Waals surface area contributed by atoms with Crippen molar-refractivity contribution in [1.29, 1.82) is 0 Å². The van der Waals surface area contributed by atoms with Crippen molar-refractivity contribution in [3.05, 3.63) is 69.5 Å². The summed E-state index contributed by atoms with van der Waals surface area (Å²) in [5.74, 6) is -0.212. The summed E-state index contributed by atoms with van der Waals surface area (Å²) in [6, 6.07) is 14.1. The van der Waals surface area contributed by atoms with Gasteiger partial charge < -0.3 is 0 Å². The highest BCUT2D eigenvalue weighted by Gasteiger charge is 2.28. The molecule has 3 heterocycles. The van der Waals surface area contributed by atoms with Crippen molar-refractivity contribution in [2.24, 2.45) is 0 Å². The van der Waals surface area contributed by atoms with E-state index < -0.39 is 0 Å². The number of anilines is 1. The molecule has 1 N–H and O–H groups in total. The summed E-state index contributed by atoms with van der Waals surface area (Å²) >= 11 is 4.37. The van der Waals surface area contributed by atoms with Gasteiger partial charge in [0.1, 0.15) is 14.9 Å². The lowest BCUT2D eigenvalue weighted by Gasteiger charge is -2.21. The first-order chi connectivity index (χ1) is 13.0. The summed E-state index contributed by atoms with van der Waals surface area (Å²) < 4.78 is 0. The number of benzene rings is 1. The molecule has 0 unspecified atom stereocenters. The smallest absolute Gasteiger partial charge is 0.269 e. The molecular weight excluding hydrogens is 396 g/mol. The monoisotopic (exact) mass is 412 g/mol. The normalized spacial score (nSPS) is 11.5. The topological polar surface area (TPSA) is 67.8 Å². The number of carbonyl (C=O) groups is 1. The predicted octanol–water partition coefficient (Wildman–Crippen LogP) is 5.30. The zero-order chi connectivity index (χ0) is 18.9. The Bertz CT molecular complexity index is 1050. The molecule has 27 heavy (non-hydrogen) atoms. The van der Waals surface area contributed by atoms with Crippen LogP contribution in [0, 0.1) is 0 Å². The first-order valence-corrected chi connectivity index (χ1v) is 10.8. The quantitative estimate of drug-likeness (QED) is 0.483. The highest BCUT2D eigenvalue weighted by Crippen LogP contribution is 2.35. The van der Waals surface area contributed by atoms with Crippen LogP contribution in [-0.4, -0.2) is 21.1 Å². The second kappa shape index (κ2) is 7.30. The summed E-state index contributed by atoms with van der Waals surface area (Å²) in [6.45, 7) is 4.20. The van der Waals surface area contributed by atoms with Gasteiger partial charge in [-0.05, 0) is 30.9 Å². The van der Waals surface area contributed by atoms with Gasteiger partial charge in [-0.2, -0.15) is 0 Å². The molecule has 5 nitrogen and oxygen atoms in total. The Kier molecular flexibility index (Phi) is 4.86. The number of thiazole rings is 1. The highest BCUT2D eigenvalue weighted by atomic mass is 32.1. The van der Waals surface area contributed by atoms with Crippen LogP contribution >= 0.6 is 34.0 Å². The molecule has 0 atom stereocenters. The van der Waals surface area contributed by atoms with Gasteiger partial charge in [0.2, 0.25) is 5.13 Å². The van der Waals surface area contributed by atoms with E-state index >= 15 is 0 Å². The summed E-state index contributed by atoms with van der Waals surface area (Å²) in [6.07, 6.45) is 1.60. The van der Waals surface area contributed by atoms with Gasteiger partial charge in [0, 0.05) is 5.41 Å². The molecule has 0 fully saturated rings. The molecule has 4 aromatic rings. The highest BCUT2D eigenvalue weighted by molar-refractivity contribution is 7.22. The molecule has 1 aromatic carbocycles. The van der Waals surface area contributed by atoms with Crippen molar-refractivity contribution in [1.82, 2.24) is 15.2 Å². The Morgan fingerprint density at radius 2 is 1.85 bits per heavy atom. The largest absolute Gasteiger partial charge is 0.296 e. The third kappa shape index (κ3) is 3.69. The zero-order valence-corrected chi connectivity index (χ0v) is 17.1. The van der Waals surface area contributed by atoms with Crippen molar-refractivity contribution in [3.63, 3.8) is 0 Å². The van der Waals surface area contributed by atoms with Crippen LogP contribution in [-0.2, 0) is 5.41 Å². The van der Waals surface area contributed by atoms with E-state index in [4.69, 9.17) is 0 Å². The van der Waals surface area contributed by atoms with E-state index in [1.807, 2.05) is 35.7 Å². The molecule has 0 aliphatic rings. The van der Waals surface area contributed by atoms with E-state index in [0.717, 1.165) is 20.5 Å². The minimum Gasteiger partial charge on any atom is -0.296 e. The number of rotatable bonds is 5. The number of carbonyl (C=O) groups excluding carboxylic acids is 1. The first-order valence-electron chi connectivity index (χ1n) is 8.24. The molecular formula is C19H16N4OS3. The fraction of sp³-hybridized carbons (Fsp3) is 0.158. The zero-order valence-electron chi connectivity index (χ0n) is 14.7. The molecule has 0 saturated heterocycles. The Hall–Kier alpha value is -2.42. The van der Waals surface area contributed by atoms with Crippen LogP contribution in [0.2, 0.25) is 0 Å². The third-order valence-corrected chi connectivity index (χ3v) is 7.33. The van der Waals surface area contributed by atoms with Gasteiger partial charge >= 0.3 is 0 Å². The molecule has 4 rings (SSSR count). The summed E-state index contributed by atoms with van der Waals surface area (Å²) in [5.41, 5.74) is 0.876. The second-order valence-corrected chi connectivity index (χ2v) is 9.32. The Labute approximate surface area is 168 Å². The van der Waals surface area contributed by atoms with E-state index in [2.05, 4.69) is 46.5 Å². The average Bonchev–Trinajstić information content (AvgIpc) is 3.42. The molecule has 8 heteroatoms. The molecule has 0 aliphatic heterocycles. The first kappa shape index (κ1) is 18.0. The number of hydrogen-bond acceptors (Lipinski definition) is 7. The summed E-state index contributed by atoms with van der Waals surface area (Å²) in [7, 11) is 0. The number of nitrogens with one attached hydrogen (secondary N) is 1. The second-order valence-electron chi connectivity index (χ2n) is 6.36. The third-order valence-electron chi connectivity index (χ3n) is 4.14. The molecule has 0 bridgehead atoms. The van der Waals surface area contributed by atoms with Crippen LogP contribution in [0.1, 0.15) is 34.1 Å². The Morgan fingerprint density at radius 1 is 1.04 bits per heavy atom. The van der Waals surface area contributed by atoms with Crippen LogP contribution in [0.25, 0.3) is 9.88 Å². The summed E-state index contributed by atoms with van der Waals surface area (Å²) in [4.78, 5) is 18.5. The minimum atomic E-state index is -0.279. The maximum Gasteiger partial charge on any atom is 0.269 e. The Morgan fingerprint density at radius 3 is 2.59 bits per heavy atom. The van der Waals surface area contributed by atoms with E-state index in [1.54, 1.807) is 17.5 Å². The van der Waals surface area contributed by atoms with Crippen LogP contribution in [0.4, 0.5) is 5.13 Å². The number of thiophene rings is 1. The predicted molar refractivity (Wildman–Crippen MR) is 112 cm³/mol. The van der Waals surface area contributed by atoms with Crippen molar-refractivity contribution in [2.75, 3.05) is 5.32 Å². The lowest BCUT2D eigenvalue weighted by Crippen LogP contribution is -2.18. The number of amides is 1. The van der Waals surface area contributed by atoms with Gasteiger partial charge in [-0.3, -0.25) is 10.1 Å². The van der Waals surface area contributed by atoms with Crippen molar-refractivity contribution in [3.8, 4) is 9.88 Å². The van der Waals surface area contributed by atoms with Crippen LogP contribution in [0.15, 0.2) is 54.0 Å². The number of nitrogens with zero attached hydrogens (tertiary/aromatic N) is 3. The van der Waals surface area contributed by atoms with E-state index in [9.17, 15) is 4.79 Å². The lowest BCUT2D eigenvalue weighted by atomic mass is 9.85. The van der Waals surface area contributed by atoms with Crippen LogP contribution in [0.3, 0.4) is 0 Å². The molecule has 0 radical (unpaired) electrons. The summed E-state index contributed by atoms with van der Waals surface area (Å²) in [5, 5.41) is 15.5. The van der Waals surface area contributed by atoms with Gasteiger partial charge in [-0.1, -0.05) is 47.7 Å². The standard InChI is InChI=1S/C19H16N4OS3/c1-19(2,12-7-4-3-5-8-12)17-22-23-18(27-17)21-15(24)14-11-20-16(26-14)13-9-6-10-25-13/h3-11H,1-2H3,(H,21,23,24). The molecule has 0 spiro atoms. The SMILES string of the molecule is CC(C)(c1ccccc1)c1nnc(NC(=O)c2cnc(-c3cccs3)s2)s1. The van der Waals surface area contributed by atoms with Gasteiger partial charge in [0.15, 0.2) is 0 Å². The van der Waals surface area contributed by atoms with E-state index in [0.29, 0.717) is 10.0 Å².